The molecule has 2 aromatic rings. The summed E-state index contributed by atoms with van der Waals surface area (Å²) in [5, 5.41) is 11.8. The van der Waals surface area contributed by atoms with Crippen LogP contribution in [0.2, 0.25) is 0 Å². The molecule has 0 aliphatic rings. The van der Waals surface area contributed by atoms with Crippen LogP contribution in [-0.2, 0) is 11.2 Å². The quantitative estimate of drug-likeness (QED) is 0.784. The van der Waals surface area contributed by atoms with E-state index in [1.807, 2.05) is 6.92 Å². The molecule has 0 radical (unpaired) electrons. The van der Waals surface area contributed by atoms with Gasteiger partial charge in [0.2, 0.25) is 5.91 Å². The minimum absolute atomic E-state index is 0.00756. The van der Waals surface area contributed by atoms with Crippen LogP contribution < -0.4 is 5.32 Å². The van der Waals surface area contributed by atoms with Crippen molar-refractivity contribution in [2.24, 2.45) is 0 Å². The van der Waals surface area contributed by atoms with Gasteiger partial charge < -0.3 is 14.8 Å². The van der Waals surface area contributed by atoms with Crippen LogP contribution in [0.15, 0.2) is 34.9 Å². The Kier molecular flexibility index (Phi) is 6.29. The second-order valence-corrected chi connectivity index (χ2v) is 5.31. The Morgan fingerprint density at radius 2 is 2.13 bits per heavy atom. The molecule has 124 valence electrons. The van der Waals surface area contributed by atoms with Crippen molar-refractivity contribution in [3.63, 3.8) is 0 Å². The van der Waals surface area contributed by atoms with Crippen LogP contribution in [0, 0.1) is 5.82 Å². The number of benzene rings is 1. The second kappa shape index (κ2) is 8.43. The molecule has 1 heterocycles. The van der Waals surface area contributed by atoms with E-state index < -0.39 is 0 Å². The van der Waals surface area contributed by atoms with Crippen molar-refractivity contribution >= 4 is 5.91 Å². The van der Waals surface area contributed by atoms with Gasteiger partial charge in [-0.1, -0.05) is 6.92 Å². The van der Waals surface area contributed by atoms with Gasteiger partial charge in [0.05, 0.1) is 6.20 Å². The van der Waals surface area contributed by atoms with Crippen molar-refractivity contribution in [1.82, 2.24) is 10.3 Å². The number of halogens is 1. The summed E-state index contributed by atoms with van der Waals surface area (Å²) in [6.07, 6.45) is 3.56. The summed E-state index contributed by atoms with van der Waals surface area (Å²) in [4.78, 5) is 16.0. The number of oxazole rings is 1. The van der Waals surface area contributed by atoms with Crippen LogP contribution >= 0.6 is 0 Å². The molecule has 0 fully saturated rings. The predicted octanol–water partition coefficient (Wildman–Crippen LogP) is 2.69. The van der Waals surface area contributed by atoms with Crippen LogP contribution in [0.4, 0.5) is 4.39 Å². The van der Waals surface area contributed by atoms with Gasteiger partial charge in [-0.15, -0.1) is 0 Å². The SMILES string of the molecule is CCC(CCO)NC(=O)CCc1ncc(-c2ccc(F)cc2)o1. The molecule has 1 unspecified atom stereocenters. The summed E-state index contributed by atoms with van der Waals surface area (Å²) < 4.78 is 18.5. The maximum atomic E-state index is 12.9. The number of aryl methyl sites for hydroxylation is 1. The monoisotopic (exact) mass is 320 g/mol. The van der Waals surface area contributed by atoms with Gasteiger partial charge in [-0.3, -0.25) is 4.79 Å². The number of amides is 1. The van der Waals surface area contributed by atoms with E-state index in [0.717, 1.165) is 12.0 Å². The maximum absolute atomic E-state index is 12.9. The second-order valence-electron chi connectivity index (χ2n) is 5.31. The third-order valence-electron chi connectivity index (χ3n) is 3.58. The molecule has 0 saturated heterocycles. The first-order valence-electron chi connectivity index (χ1n) is 7.73. The van der Waals surface area contributed by atoms with Gasteiger partial charge >= 0.3 is 0 Å². The van der Waals surface area contributed by atoms with E-state index in [0.29, 0.717) is 24.5 Å². The Morgan fingerprint density at radius 1 is 1.39 bits per heavy atom. The number of hydrogen-bond acceptors (Lipinski definition) is 4. The number of aliphatic hydroxyl groups excluding tert-OH is 1. The first-order chi connectivity index (χ1) is 11.1. The molecule has 0 aliphatic carbocycles. The highest BCUT2D eigenvalue weighted by Crippen LogP contribution is 2.21. The average molecular weight is 320 g/mol. The minimum atomic E-state index is -0.307. The summed E-state index contributed by atoms with van der Waals surface area (Å²) >= 11 is 0. The molecule has 23 heavy (non-hydrogen) atoms. The Labute approximate surface area is 134 Å². The lowest BCUT2D eigenvalue weighted by Gasteiger charge is -2.15. The smallest absolute Gasteiger partial charge is 0.220 e. The molecular formula is C17H21FN2O3. The molecular weight excluding hydrogens is 299 g/mol. The molecule has 0 bridgehead atoms. The van der Waals surface area contributed by atoms with Gasteiger partial charge in [0, 0.05) is 31.1 Å². The molecule has 5 nitrogen and oxygen atoms in total. The van der Waals surface area contributed by atoms with Crippen LogP contribution in [-0.4, -0.2) is 28.6 Å². The number of carbonyl (C=O) groups is 1. The van der Waals surface area contributed by atoms with Crippen molar-refractivity contribution in [2.45, 2.75) is 38.6 Å². The first kappa shape index (κ1) is 17.1. The van der Waals surface area contributed by atoms with Crippen LogP contribution in [0.3, 0.4) is 0 Å². The van der Waals surface area contributed by atoms with E-state index in [1.165, 1.54) is 12.1 Å². The summed E-state index contributed by atoms with van der Waals surface area (Å²) in [7, 11) is 0. The van der Waals surface area contributed by atoms with Crippen LogP contribution in [0.1, 0.15) is 32.1 Å². The molecule has 0 spiro atoms. The standard InChI is InChI=1S/C17H21FN2O3/c1-2-14(9-10-21)20-16(22)7-8-17-19-11-15(23-17)12-3-5-13(18)6-4-12/h3-6,11,14,21H,2,7-10H2,1H3,(H,20,22). The Morgan fingerprint density at radius 3 is 2.78 bits per heavy atom. The topological polar surface area (TPSA) is 75.4 Å². The molecule has 2 rings (SSSR count). The number of aromatic nitrogens is 1. The lowest BCUT2D eigenvalue weighted by Crippen LogP contribution is -2.35. The summed E-state index contributed by atoms with van der Waals surface area (Å²) in [6.45, 7) is 2.02. The minimum Gasteiger partial charge on any atom is -0.441 e. The van der Waals surface area contributed by atoms with Crippen LogP contribution in [0.5, 0.6) is 0 Å². The molecule has 1 aromatic carbocycles. The third kappa shape index (κ3) is 5.17. The van der Waals surface area contributed by atoms with Crippen LogP contribution in [0.25, 0.3) is 11.3 Å². The zero-order valence-corrected chi connectivity index (χ0v) is 13.1. The predicted molar refractivity (Wildman–Crippen MR) is 84.1 cm³/mol. The molecule has 0 saturated carbocycles. The Hall–Kier alpha value is -2.21. The Balaban J connectivity index is 1.87. The molecule has 1 amide bonds. The zero-order chi connectivity index (χ0) is 16.7. The lowest BCUT2D eigenvalue weighted by atomic mass is 10.1. The third-order valence-corrected chi connectivity index (χ3v) is 3.58. The lowest BCUT2D eigenvalue weighted by molar-refractivity contribution is -0.121. The summed E-state index contributed by atoms with van der Waals surface area (Å²) in [5.41, 5.74) is 0.739. The van der Waals surface area contributed by atoms with Gasteiger partial charge in [0.15, 0.2) is 11.7 Å². The van der Waals surface area contributed by atoms with Gasteiger partial charge in [0.25, 0.3) is 0 Å². The highest BCUT2D eigenvalue weighted by Gasteiger charge is 2.12. The maximum Gasteiger partial charge on any atom is 0.220 e. The Bertz CT molecular complexity index is 625. The number of rotatable bonds is 8. The summed E-state index contributed by atoms with van der Waals surface area (Å²) in [6, 6.07) is 5.95. The van der Waals surface area contributed by atoms with E-state index in [9.17, 15) is 9.18 Å². The highest BCUT2D eigenvalue weighted by molar-refractivity contribution is 5.76. The van der Waals surface area contributed by atoms with Gasteiger partial charge in [-0.25, -0.2) is 9.37 Å². The molecule has 2 N–H and O–H groups in total. The van der Waals surface area contributed by atoms with Crippen molar-refractivity contribution in [3.8, 4) is 11.3 Å². The fraction of sp³-hybridized carbons (Fsp3) is 0.412. The van der Waals surface area contributed by atoms with E-state index in [1.54, 1.807) is 18.3 Å². The largest absolute Gasteiger partial charge is 0.441 e. The van der Waals surface area contributed by atoms with E-state index in [2.05, 4.69) is 10.3 Å². The molecule has 6 heteroatoms. The van der Waals surface area contributed by atoms with Gasteiger partial charge in [-0.2, -0.15) is 0 Å². The number of nitrogens with zero attached hydrogens (tertiary/aromatic N) is 1. The average Bonchev–Trinajstić information content (AvgIpc) is 3.02. The van der Waals surface area contributed by atoms with Gasteiger partial charge in [0.1, 0.15) is 5.82 Å². The van der Waals surface area contributed by atoms with Crippen molar-refractivity contribution in [1.29, 1.82) is 0 Å². The van der Waals surface area contributed by atoms with Crippen molar-refractivity contribution in [3.05, 3.63) is 42.2 Å². The number of aliphatic hydroxyl groups is 1. The summed E-state index contributed by atoms with van der Waals surface area (Å²) in [5.74, 6) is 0.618. The van der Waals surface area contributed by atoms with Crippen molar-refractivity contribution < 1.29 is 18.7 Å². The molecule has 0 aliphatic heterocycles. The van der Waals surface area contributed by atoms with E-state index >= 15 is 0 Å². The number of nitrogens with one attached hydrogen (secondary N) is 1. The number of carbonyl (C=O) groups excluding carboxylic acids is 1. The molecule has 1 atom stereocenters. The zero-order valence-electron chi connectivity index (χ0n) is 13.1. The number of hydrogen-bond donors (Lipinski definition) is 2. The van der Waals surface area contributed by atoms with E-state index in [-0.39, 0.29) is 30.8 Å². The van der Waals surface area contributed by atoms with E-state index in [4.69, 9.17) is 9.52 Å². The first-order valence-corrected chi connectivity index (χ1v) is 7.73. The molecule has 1 aromatic heterocycles. The fourth-order valence-electron chi connectivity index (χ4n) is 2.23. The highest BCUT2D eigenvalue weighted by atomic mass is 19.1. The fourth-order valence-corrected chi connectivity index (χ4v) is 2.23. The van der Waals surface area contributed by atoms with Crippen molar-refractivity contribution in [2.75, 3.05) is 6.61 Å². The normalized spacial score (nSPS) is 12.1. The van der Waals surface area contributed by atoms with Gasteiger partial charge in [-0.05, 0) is 37.1 Å².